The zero-order chi connectivity index (χ0) is 14.7. The van der Waals surface area contributed by atoms with Gasteiger partial charge in [-0.1, -0.05) is 17.7 Å². The van der Waals surface area contributed by atoms with E-state index in [-0.39, 0.29) is 12.5 Å². The van der Waals surface area contributed by atoms with E-state index in [2.05, 4.69) is 0 Å². The standard InChI is InChI=1S/C14H16ClNO4/c1-9-4-5-10(15)12(7-9)20-8-13(17)16-6-2-3-11(16)14(18)19/h4-5,7,11H,2-3,6,8H2,1H3,(H,18,19). The van der Waals surface area contributed by atoms with Gasteiger partial charge in [-0.15, -0.1) is 0 Å². The van der Waals surface area contributed by atoms with Gasteiger partial charge in [0, 0.05) is 6.54 Å². The number of aliphatic carboxylic acids is 1. The van der Waals surface area contributed by atoms with Gasteiger partial charge in [-0.3, -0.25) is 4.79 Å². The van der Waals surface area contributed by atoms with Gasteiger partial charge < -0.3 is 14.7 Å². The zero-order valence-electron chi connectivity index (χ0n) is 11.1. The summed E-state index contributed by atoms with van der Waals surface area (Å²) in [5.41, 5.74) is 0.974. The van der Waals surface area contributed by atoms with Crippen LogP contribution in [0.15, 0.2) is 18.2 Å². The second kappa shape index (κ2) is 6.13. The van der Waals surface area contributed by atoms with Crippen LogP contribution in [0, 0.1) is 6.92 Å². The molecular formula is C14H16ClNO4. The van der Waals surface area contributed by atoms with Crippen molar-refractivity contribution in [3.8, 4) is 5.75 Å². The number of carbonyl (C=O) groups is 2. The summed E-state index contributed by atoms with van der Waals surface area (Å²) in [6, 6.07) is 4.55. The lowest BCUT2D eigenvalue weighted by Crippen LogP contribution is -2.42. The molecule has 1 fully saturated rings. The van der Waals surface area contributed by atoms with Gasteiger partial charge in [-0.05, 0) is 37.5 Å². The molecule has 108 valence electrons. The maximum absolute atomic E-state index is 12.0. The van der Waals surface area contributed by atoms with Crippen molar-refractivity contribution in [2.45, 2.75) is 25.8 Å². The largest absolute Gasteiger partial charge is 0.482 e. The Morgan fingerprint density at radius 3 is 2.95 bits per heavy atom. The molecule has 0 saturated carbocycles. The van der Waals surface area contributed by atoms with Crippen LogP contribution in [0.1, 0.15) is 18.4 Å². The van der Waals surface area contributed by atoms with E-state index in [1.165, 1.54) is 4.90 Å². The second-order valence-corrected chi connectivity index (χ2v) is 5.21. The fourth-order valence-corrected chi connectivity index (χ4v) is 2.44. The van der Waals surface area contributed by atoms with Crippen molar-refractivity contribution < 1.29 is 19.4 Å². The van der Waals surface area contributed by atoms with E-state index in [0.717, 1.165) is 5.56 Å². The highest BCUT2D eigenvalue weighted by Crippen LogP contribution is 2.25. The fraction of sp³-hybridized carbons (Fsp3) is 0.429. The van der Waals surface area contributed by atoms with Gasteiger partial charge in [0.15, 0.2) is 6.61 Å². The molecule has 0 aromatic heterocycles. The van der Waals surface area contributed by atoms with E-state index in [1.807, 2.05) is 13.0 Å². The van der Waals surface area contributed by atoms with E-state index < -0.39 is 12.0 Å². The highest BCUT2D eigenvalue weighted by molar-refractivity contribution is 6.32. The van der Waals surface area contributed by atoms with Crippen molar-refractivity contribution in [3.63, 3.8) is 0 Å². The molecule has 20 heavy (non-hydrogen) atoms. The number of carboxylic acid groups (broad SMARTS) is 1. The van der Waals surface area contributed by atoms with Gasteiger partial charge in [-0.2, -0.15) is 0 Å². The molecule has 5 nitrogen and oxygen atoms in total. The second-order valence-electron chi connectivity index (χ2n) is 4.81. The predicted molar refractivity (Wildman–Crippen MR) is 74.1 cm³/mol. The Bertz CT molecular complexity index is 532. The van der Waals surface area contributed by atoms with Crippen molar-refractivity contribution >= 4 is 23.5 Å². The van der Waals surface area contributed by atoms with E-state index in [9.17, 15) is 9.59 Å². The number of carbonyl (C=O) groups excluding carboxylic acids is 1. The molecule has 1 atom stereocenters. The summed E-state index contributed by atoms with van der Waals surface area (Å²) in [5, 5.41) is 9.47. The van der Waals surface area contributed by atoms with Gasteiger partial charge in [0.05, 0.1) is 5.02 Å². The summed E-state index contributed by atoms with van der Waals surface area (Å²) in [4.78, 5) is 24.4. The number of ether oxygens (including phenoxy) is 1. The Kier molecular flexibility index (Phi) is 4.49. The van der Waals surface area contributed by atoms with Crippen molar-refractivity contribution in [2.24, 2.45) is 0 Å². The van der Waals surface area contributed by atoms with Crippen molar-refractivity contribution in [1.29, 1.82) is 0 Å². The highest BCUT2D eigenvalue weighted by atomic mass is 35.5. The molecular weight excluding hydrogens is 282 g/mol. The molecule has 1 unspecified atom stereocenters. The summed E-state index contributed by atoms with van der Waals surface area (Å²) >= 11 is 5.97. The third kappa shape index (κ3) is 3.22. The number of hydrogen-bond acceptors (Lipinski definition) is 3. The predicted octanol–water partition coefficient (Wildman–Crippen LogP) is 2.10. The third-order valence-electron chi connectivity index (χ3n) is 3.30. The minimum absolute atomic E-state index is 0.201. The highest BCUT2D eigenvalue weighted by Gasteiger charge is 2.33. The van der Waals surface area contributed by atoms with Gasteiger partial charge >= 0.3 is 5.97 Å². The minimum Gasteiger partial charge on any atom is -0.482 e. The number of halogens is 1. The van der Waals surface area contributed by atoms with Crippen LogP contribution in [0.3, 0.4) is 0 Å². The summed E-state index contributed by atoms with van der Waals surface area (Å²) in [7, 11) is 0. The number of benzene rings is 1. The number of carboxylic acids is 1. The van der Waals surface area contributed by atoms with E-state index in [1.54, 1.807) is 12.1 Å². The summed E-state index contributed by atoms with van der Waals surface area (Å²) in [6.45, 7) is 2.15. The molecule has 0 spiro atoms. The molecule has 2 rings (SSSR count). The molecule has 0 aliphatic carbocycles. The molecule has 1 aliphatic heterocycles. The van der Waals surface area contributed by atoms with Gasteiger partial charge in [0.2, 0.25) is 0 Å². The van der Waals surface area contributed by atoms with Crippen LogP contribution >= 0.6 is 11.6 Å². The Morgan fingerprint density at radius 1 is 1.50 bits per heavy atom. The lowest BCUT2D eigenvalue weighted by molar-refractivity contribution is -0.148. The van der Waals surface area contributed by atoms with Crippen molar-refractivity contribution in [1.82, 2.24) is 4.90 Å². The first-order valence-electron chi connectivity index (χ1n) is 6.40. The normalized spacial score (nSPS) is 18.1. The Hall–Kier alpha value is -1.75. The molecule has 0 radical (unpaired) electrons. The van der Waals surface area contributed by atoms with Crippen molar-refractivity contribution in [2.75, 3.05) is 13.2 Å². The SMILES string of the molecule is Cc1ccc(Cl)c(OCC(=O)N2CCCC2C(=O)O)c1. The van der Waals surface area contributed by atoms with Crippen LogP contribution in [0.2, 0.25) is 5.02 Å². The maximum atomic E-state index is 12.0. The number of aryl methyl sites for hydroxylation is 1. The number of likely N-dealkylation sites (tertiary alicyclic amines) is 1. The van der Waals surface area contributed by atoms with Crippen LogP contribution < -0.4 is 4.74 Å². The van der Waals surface area contributed by atoms with Crippen LogP contribution in [0.25, 0.3) is 0 Å². The Morgan fingerprint density at radius 2 is 2.25 bits per heavy atom. The average molecular weight is 298 g/mol. The third-order valence-corrected chi connectivity index (χ3v) is 3.61. The van der Waals surface area contributed by atoms with Gasteiger partial charge in [0.25, 0.3) is 5.91 Å². The van der Waals surface area contributed by atoms with Gasteiger partial charge in [-0.25, -0.2) is 4.79 Å². The first-order chi connectivity index (χ1) is 9.49. The molecule has 1 saturated heterocycles. The first kappa shape index (κ1) is 14.7. The molecule has 1 amide bonds. The minimum atomic E-state index is -0.968. The molecule has 1 heterocycles. The molecule has 1 N–H and O–H groups in total. The number of rotatable bonds is 4. The lowest BCUT2D eigenvalue weighted by Gasteiger charge is -2.21. The fourth-order valence-electron chi connectivity index (χ4n) is 2.27. The summed E-state index contributed by atoms with van der Waals surface area (Å²) in [6.07, 6.45) is 1.19. The van der Waals surface area contributed by atoms with E-state index >= 15 is 0 Å². The number of amides is 1. The van der Waals surface area contributed by atoms with Crippen LogP contribution in [0.5, 0.6) is 5.75 Å². The molecule has 1 aromatic carbocycles. The van der Waals surface area contributed by atoms with Crippen LogP contribution in [-0.2, 0) is 9.59 Å². The topological polar surface area (TPSA) is 66.8 Å². The molecule has 0 bridgehead atoms. The first-order valence-corrected chi connectivity index (χ1v) is 6.78. The maximum Gasteiger partial charge on any atom is 0.326 e. The Labute approximate surface area is 122 Å². The van der Waals surface area contributed by atoms with E-state index in [4.69, 9.17) is 21.4 Å². The quantitative estimate of drug-likeness (QED) is 0.924. The summed E-state index contributed by atoms with van der Waals surface area (Å²) in [5.74, 6) is -0.858. The zero-order valence-corrected chi connectivity index (χ0v) is 11.9. The number of nitrogens with zero attached hydrogens (tertiary/aromatic N) is 1. The average Bonchev–Trinajstić information content (AvgIpc) is 2.89. The summed E-state index contributed by atoms with van der Waals surface area (Å²) < 4.78 is 5.40. The smallest absolute Gasteiger partial charge is 0.326 e. The molecule has 1 aromatic rings. The van der Waals surface area contributed by atoms with Crippen LogP contribution in [-0.4, -0.2) is 41.1 Å². The number of hydrogen-bond donors (Lipinski definition) is 1. The molecule has 6 heteroatoms. The van der Waals surface area contributed by atoms with E-state index in [0.29, 0.717) is 30.2 Å². The Balaban J connectivity index is 1.98. The lowest BCUT2D eigenvalue weighted by atomic mass is 10.2. The monoisotopic (exact) mass is 297 g/mol. The molecule has 1 aliphatic rings. The van der Waals surface area contributed by atoms with Gasteiger partial charge in [0.1, 0.15) is 11.8 Å². The van der Waals surface area contributed by atoms with Crippen molar-refractivity contribution in [3.05, 3.63) is 28.8 Å². The van der Waals surface area contributed by atoms with Crippen LogP contribution in [0.4, 0.5) is 0 Å².